The van der Waals surface area contributed by atoms with Gasteiger partial charge in [-0.1, -0.05) is 0 Å². The Bertz CT molecular complexity index is 748. The molecule has 8 nitrogen and oxygen atoms in total. The molecule has 3 N–H and O–H groups in total. The zero-order valence-corrected chi connectivity index (χ0v) is 16.5. The van der Waals surface area contributed by atoms with Crippen LogP contribution in [0.5, 0.6) is 0 Å². The SMILES string of the molecule is Nc1ccc(/C=C/C(=O)NCCC2C3CN(C(=O)OC4CCOCC4)CC23)cn1. The minimum atomic E-state index is -0.182. The number of anilines is 1. The summed E-state index contributed by atoms with van der Waals surface area (Å²) < 4.78 is 10.9. The molecular formula is C21H28N4O4. The maximum absolute atomic E-state index is 12.3. The number of hydrogen-bond acceptors (Lipinski definition) is 6. The van der Waals surface area contributed by atoms with Crippen molar-refractivity contribution in [1.82, 2.24) is 15.2 Å². The minimum absolute atomic E-state index is 0.00346. The minimum Gasteiger partial charge on any atom is -0.446 e. The Balaban J connectivity index is 1.11. The molecular weight excluding hydrogens is 372 g/mol. The number of likely N-dealkylation sites (tertiary alicyclic amines) is 1. The predicted octanol–water partition coefficient (Wildman–Crippen LogP) is 1.68. The average Bonchev–Trinajstić information content (AvgIpc) is 3.17. The van der Waals surface area contributed by atoms with Crippen LogP contribution in [-0.4, -0.2) is 60.8 Å². The number of amides is 2. The van der Waals surface area contributed by atoms with E-state index in [1.54, 1.807) is 18.3 Å². The van der Waals surface area contributed by atoms with E-state index in [0.29, 0.717) is 43.3 Å². The molecule has 0 aromatic carbocycles. The molecule has 2 saturated heterocycles. The van der Waals surface area contributed by atoms with Crippen molar-refractivity contribution >= 4 is 23.9 Å². The van der Waals surface area contributed by atoms with Gasteiger partial charge in [-0.3, -0.25) is 4.79 Å². The second kappa shape index (κ2) is 8.82. The number of carbonyl (C=O) groups excluding carboxylic acids is 2. The fraction of sp³-hybridized carbons (Fsp3) is 0.571. The summed E-state index contributed by atoms with van der Waals surface area (Å²) in [5.41, 5.74) is 6.37. The standard InChI is InChI=1S/C21H28N4O4/c22-19-3-1-14(11-24-19)2-4-20(26)23-8-5-16-17-12-25(13-18(16)17)21(27)29-15-6-9-28-10-7-15/h1-4,11,15-18H,5-10,12-13H2,(H2,22,24)(H,23,26)/b4-2+. The number of nitrogens with one attached hydrogen (secondary N) is 1. The molecule has 3 aliphatic rings. The van der Waals surface area contributed by atoms with Gasteiger partial charge in [-0.25, -0.2) is 9.78 Å². The quantitative estimate of drug-likeness (QED) is 0.704. The third kappa shape index (κ3) is 5.06. The van der Waals surface area contributed by atoms with Crippen LogP contribution in [-0.2, 0) is 14.3 Å². The number of piperidine rings is 1. The first-order valence-electron chi connectivity index (χ1n) is 10.3. The van der Waals surface area contributed by atoms with Crippen molar-refractivity contribution in [2.75, 3.05) is 38.6 Å². The molecule has 156 valence electrons. The largest absolute Gasteiger partial charge is 0.446 e. The molecule has 1 aromatic heterocycles. The summed E-state index contributed by atoms with van der Waals surface area (Å²) in [6, 6.07) is 3.52. The lowest BCUT2D eigenvalue weighted by Crippen LogP contribution is -2.36. The highest BCUT2D eigenvalue weighted by Gasteiger charge is 2.56. The van der Waals surface area contributed by atoms with E-state index in [1.165, 1.54) is 6.08 Å². The third-order valence-electron chi connectivity index (χ3n) is 6.08. The molecule has 0 spiro atoms. The number of aromatic nitrogens is 1. The summed E-state index contributed by atoms with van der Waals surface area (Å²) in [5.74, 6) is 2.02. The fourth-order valence-corrected chi connectivity index (χ4v) is 4.35. The van der Waals surface area contributed by atoms with Crippen molar-refractivity contribution in [2.45, 2.75) is 25.4 Å². The zero-order chi connectivity index (χ0) is 20.2. The van der Waals surface area contributed by atoms with Crippen LogP contribution in [0.2, 0.25) is 0 Å². The number of nitrogen functional groups attached to an aromatic ring is 1. The van der Waals surface area contributed by atoms with Crippen LogP contribution < -0.4 is 11.1 Å². The molecule has 2 aliphatic heterocycles. The van der Waals surface area contributed by atoms with Crippen molar-refractivity contribution < 1.29 is 19.1 Å². The van der Waals surface area contributed by atoms with Crippen molar-refractivity contribution in [2.24, 2.45) is 17.8 Å². The highest BCUT2D eigenvalue weighted by atomic mass is 16.6. The summed E-state index contributed by atoms with van der Waals surface area (Å²) in [6.45, 7) is 3.53. The van der Waals surface area contributed by atoms with E-state index in [2.05, 4.69) is 10.3 Å². The van der Waals surface area contributed by atoms with Gasteiger partial charge in [-0.05, 0) is 47.9 Å². The summed E-state index contributed by atoms with van der Waals surface area (Å²) >= 11 is 0. The summed E-state index contributed by atoms with van der Waals surface area (Å²) in [4.78, 5) is 30.0. The van der Waals surface area contributed by atoms with Gasteiger partial charge in [0.15, 0.2) is 0 Å². The molecule has 0 bridgehead atoms. The number of hydrogen-bond donors (Lipinski definition) is 2. The Morgan fingerprint density at radius 1 is 1.28 bits per heavy atom. The molecule has 3 heterocycles. The molecule has 0 radical (unpaired) electrons. The average molecular weight is 400 g/mol. The van der Waals surface area contributed by atoms with E-state index in [4.69, 9.17) is 15.2 Å². The maximum Gasteiger partial charge on any atom is 0.410 e. The number of fused-ring (bicyclic) bond motifs is 1. The summed E-state index contributed by atoms with van der Waals surface area (Å²) in [7, 11) is 0. The molecule has 1 aliphatic carbocycles. The van der Waals surface area contributed by atoms with E-state index in [0.717, 1.165) is 37.9 Å². The first-order valence-corrected chi connectivity index (χ1v) is 10.3. The van der Waals surface area contributed by atoms with E-state index in [1.807, 2.05) is 11.0 Å². The molecule has 3 fully saturated rings. The van der Waals surface area contributed by atoms with Crippen molar-refractivity contribution in [3.05, 3.63) is 30.0 Å². The number of nitrogens with zero attached hydrogens (tertiary/aromatic N) is 2. The second-order valence-corrected chi connectivity index (χ2v) is 8.02. The lowest BCUT2D eigenvalue weighted by Gasteiger charge is -2.26. The second-order valence-electron chi connectivity index (χ2n) is 8.02. The van der Waals surface area contributed by atoms with E-state index in [-0.39, 0.29) is 18.1 Å². The van der Waals surface area contributed by atoms with Crippen LogP contribution in [0.25, 0.3) is 6.08 Å². The van der Waals surface area contributed by atoms with Gasteiger partial charge in [0, 0.05) is 44.7 Å². The topological polar surface area (TPSA) is 107 Å². The lowest BCUT2D eigenvalue weighted by atomic mass is 10.1. The van der Waals surface area contributed by atoms with Crippen LogP contribution in [0.15, 0.2) is 24.4 Å². The molecule has 1 saturated carbocycles. The molecule has 8 heteroatoms. The van der Waals surface area contributed by atoms with Crippen LogP contribution in [0.4, 0.5) is 10.6 Å². The van der Waals surface area contributed by atoms with Crippen molar-refractivity contribution in [3.8, 4) is 0 Å². The number of rotatable bonds is 6. The molecule has 2 amide bonds. The molecule has 2 atom stereocenters. The zero-order valence-electron chi connectivity index (χ0n) is 16.5. The van der Waals surface area contributed by atoms with E-state index < -0.39 is 0 Å². The maximum atomic E-state index is 12.3. The number of carbonyl (C=O) groups is 2. The monoisotopic (exact) mass is 400 g/mol. The number of ether oxygens (including phenoxy) is 2. The normalized spacial score (nSPS) is 26.3. The van der Waals surface area contributed by atoms with Gasteiger partial charge in [-0.2, -0.15) is 0 Å². The smallest absolute Gasteiger partial charge is 0.410 e. The summed E-state index contributed by atoms with van der Waals surface area (Å²) in [6.07, 6.45) is 7.19. The number of pyridine rings is 1. The number of nitrogens with two attached hydrogens (primary N) is 1. The van der Waals surface area contributed by atoms with Gasteiger partial charge >= 0.3 is 6.09 Å². The third-order valence-corrected chi connectivity index (χ3v) is 6.08. The van der Waals surface area contributed by atoms with Crippen LogP contribution in [0.3, 0.4) is 0 Å². The molecule has 2 unspecified atom stereocenters. The van der Waals surface area contributed by atoms with Crippen LogP contribution >= 0.6 is 0 Å². The van der Waals surface area contributed by atoms with Gasteiger partial charge < -0.3 is 25.4 Å². The Labute approximate surface area is 170 Å². The van der Waals surface area contributed by atoms with Gasteiger partial charge in [0.25, 0.3) is 0 Å². The van der Waals surface area contributed by atoms with Crippen LogP contribution in [0.1, 0.15) is 24.8 Å². The fourth-order valence-electron chi connectivity index (χ4n) is 4.35. The molecule has 1 aromatic rings. The highest BCUT2D eigenvalue weighted by molar-refractivity contribution is 5.91. The Hall–Kier alpha value is -2.61. The lowest BCUT2D eigenvalue weighted by molar-refractivity contribution is -0.116. The van der Waals surface area contributed by atoms with Gasteiger partial charge in [0.2, 0.25) is 5.91 Å². The van der Waals surface area contributed by atoms with Gasteiger partial charge in [0.05, 0.1) is 13.2 Å². The van der Waals surface area contributed by atoms with E-state index >= 15 is 0 Å². The predicted molar refractivity (Wildman–Crippen MR) is 108 cm³/mol. The summed E-state index contributed by atoms with van der Waals surface area (Å²) in [5, 5.41) is 2.93. The van der Waals surface area contributed by atoms with Crippen molar-refractivity contribution in [1.29, 1.82) is 0 Å². The van der Waals surface area contributed by atoms with Gasteiger partial charge in [-0.15, -0.1) is 0 Å². The van der Waals surface area contributed by atoms with Gasteiger partial charge in [0.1, 0.15) is 11.9 Å². The Morgan fingerprint density at radius 3 is 2.72 bits per heavy atom. The highest BCUT2D eigenvalue weighted by Crippen LogP contribution is 2.53. The Morgan fingerprint density at radius 2 is 2.03 bits per heavy atom. The van der Waals surface area contributed by atoms with Crippen molar-refractivity contribution in [3.63, 3.8) is 0 Å². The first kappa shape index (κ1) is 19.7. The van der Waals surface area contributed by atoms with E-state index in [9.17, 15) is 9.59 Å². The van der Waals surface area contributed by atoms with Crippen LogP contribution in [0, 0.1) is 17.8 Å². The molecule has 4 rings (SSSR count). The first-order chi connectivity index (χ1) is 14.1. The molecule has 29 heavy (non-hydrogen) atoms. The Kier molecular flexibility index (Phi) is 5.99.